The van der Waals surface area contributed by atoms with E-state index in [0.29, 0.717) is 36.5 Å². The summed E-state index contributed by atoms with van der Waals surface area (Å²) in [4.78, 5) is 32.6. The monoisotopic (exact) mass is 521 g/mol. The molecule has 0 saturated heterocycles. The van der Waals surface area contributed by atoms with Gasteiger partial charge in [-0.15, -0.1) is 0 Å². The first-order valence-corrected chi connectivity index (χ1v) is 12.9. The van der Waals surface area contributed by atoms with Gasteiger partial charge in [-0.05, 0) is 46.9 Å². The van der Waals surface area contributed by atoms with E-state index in [-0.39, 0.29) is 11.5 Å². The Balaban J connectivity index is 1.36. The minimum atomic E-state index is -0.603. The van der Waals surface area contributed by atoms with Crippen LogP contribution >= 0.6 is 0 Å². The molecule has 0 atom stereocenters. The number of nitrogen functional groups attached to an aromatic ring is 1. The third-order valence-corrected chi connectivity index (χ3v) is 6.97. The quantitative estimate of drug-likeness (QED) is 0.327. The van der Waals surface area contributed by atoms with Crippen molar-refractivity contribution in [2.24, 2.45) is 0 Å². The number of nitrogens with zero attached hydrogens (tertiary/aromatic N) is 3. The molecule has 5 aromatic rings. The van der Waals surface area contributed by atoms with Crippen molar-refractivity contribution in [2.75, 3.05) is 12.3 Å². The molecule has 0 spiro atoms. The molecule has 9 nitrogen and oxygen atoms in total. The second kappa shape index (κ2) is 10.1. The van der Waals surface area contributed by atoms with E-state index in [9.17, 15) is 9.59 Å². The van der Waals surface area contributed by atoms with E-state index in [1.807, 2.05) is 66.7 Å². The topological polar surface area (TPSA) is 129 Å². The van der Waals surface area contributed by atoms with Crippen molar-refractivity contribution in [1.29, 1.82) is 0 Å². The molecule has 1 aliphatic rings. The van der Waals surface area contributed by atoms with Gasteiger partial charge >= 0.3 is 5.76 Å². The van der Waals surface area contributed by atoms with Gasteiger partial charge in [0.05, 0.1) is 18.0 Å². The van der Waals surface area contributed by atoms with Crippen LogP contribution in [0.5, 0.6) is 5.75 Å². The molecule has 39 heavy (non-hydrogen) atoms. The number of benzene rings is 3. The number of ether oxygens (including phenoxy) is 1. The maximum atomic E-state index is 13.8. The molecular weight excluding hydrogens is 494 g/mol. The first-order chi connectivity index (χ1) is 19.0. The fraction of sp³-hybridized carbons (Fsp3) is 0.200. The van der Waals surface area contributed by atoms with Crippen LogP contribution in [0.1, 0.15) is 35.7 Å². The van der Waals surface area contributed by atoms with Gasteiger partial charge in [-0.3, -0.25) is 14.3 Å². The average molecular weight is 522 g/mol. The first-order valence-electron chi connectivity index (χ1n) is 12.9. The zero-order chi connectivity index (χ0) is 26.9. The molecule has 0 unspecified atom stereocenters. The van der Waals surface area contributed by atoms with Crippen LogP contribution in [0, 0.1) is 0 Å². The molecule has 3 N–H and O–H groups in total. The molecule has 0 radical (unpaired) electrons. The Morgan fingerprint density at radius 2 is 1.82 bits per heavy atom. The van der Waals surface area contributed by atoms with E-state index in [1.54, 1.807) is 0 Å². The number of hydrogen-bond donors (Lipinski definition) is 2. The summed E-state index contributed by atoms with van der Waals surface area (Å²) >= 11 is 0. The highest BCUT2D eigenvalue weighted by atomic mass is 16.5. The standard InChI is InChI=1S/C30H27N5O4/c1-2-5-25-24(28(36)35(29(31)32-25)21-12-13-26-20(17-21)14-15-38-26)16-18-8-10-19(11-9-18)22-6-3-4-7-23(22)27-33-30(37)39-34-27/h3-4,6-13,17H,2,5,14-16H2,1H3,(H2,31,32)(H,33,34,37). The zero-order valence-corrected chi connectivity index (χ0v) is 21.4. The lowest BCUT2D eigenvalue weighted by molar-refractivity contribution is 0.357. The lowest BCUT2D eigenvalue weighted by atomic mass is 9.96. The molecule has 3 heterocycles. The van der Waals surface area contributed by atoms with Crippen LogP contribution in [-0.4, -0.2) is 26.3 Å². The van der Waals surface area contributed by atoms with Crippen molar-refractivity contribution in [3.63, 3.8) is 0 Å². The van der Waals surface area contributed by atoms with Crippen molar-refractivity contribution in [3.8, 4) is 34.0 Å². The Hall–Kier alpha value is -4.92. The Kier molecular flexibility index (Phi) is 6.32. The Bertz CT molecular complexity index is 1780. The number of hydrogen-bond acceptors (Lipinski definition) is 7. The molecule has 0 saturated carbocycles. The number of fused-ring (bicyclic) bond motifs is 1. The van der Waals surface area contributed by atoms with Crippen molar-refractivity contribution in [2.45, 2.75) is 32.6 Å². The lowest BCUT2D eigenvalue weighted by Gasteiger charge is -2.16. The fourth-order valence-electron chi connectivity index (χ4n) is 5.09. The van der Waals surface area contributed by atoms with Crippen LogP contribution in [-0.2, 0) is 19.3 Å². The van der Waals surface area contributed by atoms with Gasteiger partial charge in [0.2, 0.25) is 5.95 Å². The Labute approximate surface area is 223 Å². The molecule has 0 amide bonds. The summed E-state index contributed by atoms with van der Waals surface area (Å²) in [6.07, 6.45) is 2.73. The summed E-state index contributed by atoms with van der Waals surface area (Å²) in [6.45, 7) is 2.70. The number of nitrogens with one attached hydrogen (secondary N) is 1. The molecular formula is C30H27N5O4. The van der Waals surface area contributed by atoms with E-state index in [2.05, 4.69) is 22.0 Å². The molecule has 196 valence electrons. The van der Waals surface area contributed by atoms with Gasteiger partial charge in [-0.25, -0.2) is 14.3 Å². The van der Waals surface area contributed by atoms with Crippen molar-refractivity contribution in [3.05, 3.63) is 110 Å². The summed E-state index contributed by atoms with van der Waals surface area (Å²) in [5, 5.41) is 3.84. The highest BCUT2D eigenvalue weighted by molar-refractivity contribution is 5.80. The summed E-state index contributed by atoms with van der Waals surface area (Å²) < 4.78 is 11.8. The zero-order valence-electron chi connectivity index (χ0n) is 21.4. The van der Waals surface area contributed by atoms with Gasteiger partial charge in [0.1, 0.15) is 5.75 Å². The van der Waals surface area contributed by atoms with Crippen molar-refractivity contribution in [1.82, 2.24) is 19.7 Å². The van der Waals surface area contributed by atoms with E-state index >= 15 is 0 Å². The predicted octanol–water partition coefficient (Wildman–Crippen LogP) is 4.30. The number of aromatic amines is 1. The van der Waals surface area contributed by atoms with Crippen LogP contribution in [0.3, 0.4) is 0 Å². The highest BCUT2D eigenvalue weighted by Gasteiger charge is 2.19. The summed E-state index contributed by atoms with van der Waals surface area (Å²) in [5.41, 5.74) is 12.9. The molecule has 6 rings (SSSR count). The van der Waals surface area contributed by atoms with Gasteiger partial charge in [0, 0.05) is 24.0 Å². The van der Waals surface area contributed by atoms with Gasteiger partial charge in [-0.2, -0.15) is 0 Å². The summed E-state index contributed by atoms with van der Waals surface area (Å²) in [6, 6.07) is 21.3. The molecule has 3 aromatic carbocycles. The summed E-state index contributed by atoms with van der Waals surface area (Å²) in [7, 11) is 0. The van der Waals surface area contributed by atoms with Gasteiger partial charge in [-0.1, -0.05) is 67.0 Å². The smallest absolute Gasteiger partial charge is 0.439 e. The number of H-pyrrole nitrogens is 1. The minimum Gasteiger partial charge on any atom is -0.493 e. The fourth-order valence-corrected chi connectivity index (χ4v) is 5.09. The Morgan fingerprint density at radius 1 is 1.03 bits per heavy atom. The molecule has 0 fully saturated rings. The number of rotatable bonds is 7. The molecule has 2 aromatic heterocycles. The second-order valence-corrected chi connectivity index (χ2v) is 9.54. The first kappa shape index (κ1) is 24.4. The second-order valence-electron chi connectivity index (χ2n) is 9.54. The number of nitrogens with two attached hydrogens (primary N) is 1. The van der Waals surface area contributed by atoms with E-state index in [0.717, 1.165) is 52.1 Å². The molecule has 1 aliphatic heterocycles. The molecule has 0 bridgehead atoms. The molecule has 9 heteroatoms. The van der Waals surface area contributed by atoms with Crippen LogP contribution < -0.4 is 21.8 Å². The third-order valence-electron chi connectivity index (χ3n) is 6.97. The van der Waals surface area contributed by atoms with E-state index in [4.69, 9.17) is 15.0 Å². The Morgan fingerprint density at radius 3 is 2.56 bits per heavy atom. The van der Waals surface area contributed by atoms with Gasteiger partial charge in [0.25, 0.3) is 5.56 Å². The van der Waals surface area contributed by atoms with E-state index in [1.165, 1.54) is 4.57 Å². The average Bonchev–Trinajstić information content (AvgIpc) is 3.60. The number of aryl methyl sites for hydroxylation is 1. The van der Waals surface area contributed by atoms with Crippen LogP contribution in [0.4, 0.5) is 5.95 Å². The SMILES string of the molecule is CCCc1nc(N)n(-c2ccc3c(c2)CCO3)c(=O)c1Cc1ccc(-c2ccccc2-c2noc(=O)[nH]2)cc1. The third kappa shape index (κ3) is 4.63. The molecule has 0 aliphatic carbocycles. The summed E-state index contributed by atoms with van der Waals surface area (Å²) in [5.74, 6) is 0.797. The minimum absolute atomic E-state index is 0.158. The number of aromatic nitrogens is 4. The predicted molar refractivity (Wildman–Crippen MR) is 148 cm³/mol. The van der Waals surface area contributed by atoms with Gasteiger partial charge < -0.3 is 10.5 Å². The van der Waals surface area contributed by atoms with Gasteiger partial charge in [0.15, 0.2) is 5.82 Å². The lowest BCUT2D eigenvalue weighted by Crippen LogP contribution is -2.28. The van der Waals surface area contributed by atoms with Crippen LogP contribution in [0.15, 0.2) is 80.8 Å². The maximum absolute atomic E-state index is 13.8. The normalized spacial score (nSPS) is 12.3. The van der Waals surface area contributed by atoms with E-state index < -0.39 is 5.76 Å². The number of anilines is 1. The largest absolute Gasteiger partial charge is 0.493 e. The van der Waals surface area contributed by atoms with Crippen molar-refractivity contribution < 1.29 is 9.26 Å². The van der Waals surface area contributed by atoms with Crippen LogP contribution in [0.2, 0.25) is 0 Å². The van der Waals surface area contributed by atoms with Crippen molar-refractivity contribution >= 4 is 5.95 Å². The van der Waals surface area contributed by atoms with Crippen LogP contribution in [0.25, 0.3) is 28.2 Å². The maximum Gasteiger partial charge on any atom is 0.439 e. The highest BCUT2D eigenvalue weighted by Crippen LogP contribution is 2.31.